The third-order valence-electron chi connectivity index (χ3n) is 3.19. The molecule has 0 unspecified atom stereocenters. The van der Waals surface area contributed by atoms with Gasteiger partial charge in [-0.15, -0.1) is 0 Å². The molecule has 0 spiro atoms. The minimum Gasteiger partial charge on any atom is -0.469 e. The maximum absolute atomic E-state index is 11.9. The van der Waals surface area contributed by atoms with Crippen molar-refractivity contribution >= 4 is 29.2 Å². The number of nitrogens with zero attached hydrogens (tertiary/aromatic N) is 1. The first-order valence-electron chi connectivity index (χ1n) is 5.68. The molecule has 0 aliphatic carbocycles. The number of rotatable bonds is 2. The molecule has 1 atom stereocenters. The summed E-state index contributed by atoms with van der Waals surface area (Å²) in [5.41, 5.74) is 1.61. The van der Waals surface area contributed by atoms with Crippen molar-refractivity contribution in [2.24, 2.45) is 5.92 Å². The van der Waals surface area contributed by atoms with E-state index in [2.05, 4.69) is 4.74 Å². The maximum Gasteiger partial charge on any atom is 0.311 e. The van der Waals surface area contributed by atoms with Crippen molar-refractivity contribution in [3.05, 3.63) is 28.8 Å². The SMILES string of the molecule is COC(=O)[C@@H]1CC(=O)N(c2cccc(Cl)c2C)C1. The Morgan fingerprint density at radius 1 is 1.50 bits per heavy atom. The van der Waals surface area contributed by atoms with Crippen LogP contribution in [0.25, 0.3) is 0 Å². The van der Waals surface area contributed by atoms with Gasteiger partial charge >= 0.3 is 5.97 Å². The second kappa shape index (κ2) is 4.98. The fourth-order valence-corrected chi connectivity index (χ4v) is 2.32. The molecule has 1 aromatic rings. The predicted molar refractivity (Wildman–Crippen MR) is 68.7 cm³/mol. The van der Waals surface area contributed by atoms with Gasteiger partial charge < -0.3 is 9.64 Å². The van der Waals surface area contributed by atoms with Gasteiger partial charge in [-0.25, -0.2) is 0 Å². The molecule has 4 nitrogen and oxygen atoms in total. The van der Waals surface area contributed by atoms with E-state index in [1.54, 1.807) is 17.0 Å². The third-order valence-corrected chi connectivity index (χ3v) is 3.60. The molecular formula is C13H14ClNO3. The van der Waals surface area contributed by atoms with Crippen LogP contribution in [0.5, 0.6) is 0 Å². The molecule has 96 valence electrons. The van der Waals surface area contributed by atoms with E-state index in [0.29, 0.717) is 11.6 Å². The van der Waals surface area contributed by atoms with Gasteiger partial charge in [-0.3, -0.25) is 9.59 Å². The smallest absolute Gasteiger partial charge is 0.311 e. The topological polar surface area (TPSA) is 46.6 Å². The van der Waals surface area contributed by atoms with E-state index in [4.69, 9.17) is 11.6 Å². The lowest BCUT2D eigenvalue weighted by Crippen LogP contribution is -2.26. The molecule has 1 saturated heterocycles. The van der Waals surface area contributed by atoms with Gasteiger partial charge in [0.2, 0.25) is 5.91 Å². The minimum absolute atomic E-state index is 0.0734. The molecule has 0 bridgehead atoms. The number of ether oxygens (including phenoxy) is 1. The Labute approximate surface area is 110 Å². The molecule has 0 aromatic heterocycles. The van der Waals surface area contributed by atoms with Crippen LogP contribution in [0.4, 0.5) is 5.69 Å². The van der Waals surface area contributed by atoms with Gasteiger partial charge in [0.15, 0.2) is 0 Å². The molecule has 0 saturated carbocycles. The van der Waals surface area contributed by atoms with Gasteiger partial charge in [0.25, 0.3) is 0 Å². The Bertz CT molecular complexity index is 501. The quantitative estimate of drug-likeness (QED) is 0.772. The average molecular weight is 268 g/mol. The van der Waals surface area contributed by atoms with Crippen LogP contribution in [0.1, 0.15) is 12.0 Å². The summed E-state index contributed by atoms with van der Waals surface area (Å²) in [4.78, 5) is 25.0. The summed E-state index contributed by atoms with van der Waals surface area (Å²) in [7, 11) is 1.33. The molecule has 1 amide bonds. The molecule has 18 heavy (non-hydrogen) atoms. The minimum atomic E-state index is -0.388. The first kappa shape index (κ1) is 12.9. The fourth-order valence-electron chi connectivity index (χ4n) is 2.15. The summed E-state index contributed by atoms with van der Waals surface area (Å²) in [5, 5.41) is 0.613. The number of methoxy groups -OCH3 is 1. The maximum atomic E-state index is 11.9. The van der Waals surface area contributed by atoms with E-state index < -0.39 is 0 Å². The van der Waals surface area contributed by atoms with Crippen LogP contribution >= 0.6 is 11.6 Å². The fraction of sp³-hybridized carbons (Fsp3) is 0.385. The molecule has 5 heteroatoms. The summed E-state index contributed by atoms with van der Waals surface area (Å²) in [6.45, 7) is 2.21. The number of carbonyl (C=O) groups excluding carboxylic acids is 2. The predicted octanol–water partition coefficient (Wildman–Crippen LogP) is 2.17. The highest BCUT2D eigenvalue weighted by atomic mass is 35.5. The van der Waals surface area contributed by atoms with Crippen LogP contribution in [-0.4, -0.2) is 25.5 Å². The summed E-state index contributed by atoms with van der Waals surface area (Å²) in [5.74, 6) is -0.804. The second-order valence-corrected chi connectivity index (χ2v) is 4.72. The summed E-state index contributed by atoms with van der Waals surface area (Å²) >= 11 is 6.04. The second-order valence-electron chi connectivity index (χ2n) is 4.31. The van der Waals surface area contributed by atoms with E-state index in [9.17, 15) is 9.59 Å². The van der Waals surface area contributed by atoms with E-state index in [0.717, 1.165) is 11.3 Å². The van der Waals surface area contributed by atoms with Crippen molar-refractivity contribution in [3.63, 3.8) is 0 Å². The van der Waals surface area contributed by atoms with Crippen molar-refractivity contribution in [2.45, 2.75) is 13.3 Å². The first-order chi connectivity index (χ1) is 8.54. The molecule has 2 rings (SSSR count). The number of hydrogen-bond donors (Lipinski definition) is 0. The number of halogens is 1. The van der Waals surface area contributed by atoms with Crippen LogP contribution < -0.4 is 4.90 Å². The highest BCUT2D eigenvalue weighted by molar-refractivity contribution is 6.31. The summed E-state index contributed by atoms with van der Waals surface area (Å²) in [6.07, 6.45) is 0.193. The summed E-state index contributed by atoms with van der Waals surface area (Å²) < 4.78 is 4.68. The van der Waals surface area contributed by atoms with Crippen LogP contribution in [0.2, 0.25) is 5.02 Å². The number of amides is 1. The Morgan fingerprint density at radius 2 is 2.22 bits per heavy atom. The van der Waals surface area contributed by atoms with Crippen LogP contribution in [0, 0.1) is 12.8 Å². The van der Waals surface area contributed by atoms with Gasteiger partial charge in [0, 0.05) is 23.7 Å². The normalized spacial score (nSPS) is 19.2. The van der Waals surface area contributed by atoms with Gasteiger partial charge in [-0.05, 0) is 24.6 Å². The van der Waals surface area contributed by atoms with Crippen molar-refractivity contribution in [1.29, 1.82) is 0 Å². The van der Waals surface area contributed by atoms with Crippen LogP contribution in [0.15, 0.2) is 18.2 Å². The molecule has 0 radical (unpaired) electrons. The molecule has 1 fully saturated rings. The monoisotopic (exact) mass is 267 g/mol. The number of benzene rings is 1. The Hall–Kier alpha value is -1.55. The van der Waals surface area contributed by atoms with E-state index in [-0.39, 0.29) is 24.2 Å². The molecule has 1 aliphatic rings. The molecule has 1 aromatic carbocycles. The van der Waals surface area contributed by atoms with E-state index in [1.165, 1.54) is 7.11 Å². The highest BCUT2D eigenvalue weighted by Gasteiger charge is 2.36. The Kier molecular flexibility index (Phi) is 3.57. The van der Waals surface area contributed by atoms with E-state index in [1.807, 2.05) is 13.0 Å². The summed E-state index contributed by atoms with van der Waals surface area (Å²) in [6, 6.07) is 5.40. The van der Waals surface area contributed by atoms with Crippen molar-refractivity contribution in [3.8, 4) is 0 Å². The molecule has 0 N–H and O–H groups in total. The van der Waals surface area contributed by atoms with Gasteiger partial charge in [0.1, 0.15) is 0 Å². The Balaban J connectivity index is 2.27. The number of esters is 1. The van der Waals surface area contributed by atoms with Crippen molar-refractivity contribution in [1.82, 2.24) is 0 Å². The zero-order chi connectivity index (χ0) is 13.3. The lowest BCUT2D eigenvalue weighted by Gasteiger charge is -2.19. The highest BCUT2D eigenvalue weighted by Crippen LogP contribution is 2.31. The van der Waals surface area contributed by atoms with Crippen LogP contribution in [0.3, 0.4) is 0 Å². The number of carbonyl (C=O) groups is 2. The number of anilines is 1. The standard InChI is InChI=1S/C13H14ClNO3/c1-8-10(14)4-3-5-11(8)15-7-9(6-12(15)16)13(17)18-2/h3-5,9H,6-7H2,1-2H3/t9-/m1/s1. The van der Waals surface area contributed by atoms with Crippen LogP contribution in [-0.2, 0) is 14.3 Å². The Morgan fingerprint density at radius 3 is 2.89 bits per heavy atom. The number of hydrogen-bond acceptors (Lipinski definition) is 3. The average Bonchev–Trinajstić information content (AvgIpc) is 2.74. The van der Waals surface area contributed by atoms with Gasteiger partial charge in [0.05, 0.1) is 13.0 Å². The van der Waals surface area contributed by atoms with Gasteiger partial charge in [-0.1, -0.05) is 17.7 Å². The van der Waals surface area contributed by atoms with E-state index >= 15 is 0 Å². The largest absolute Gasteiger partial charge is 0.469 e. The van der Waals surface area contributed by atoms with Gasteiger partial charge in [-0.2, -0.15) is 0 Å². The first-order valence-corrected chi connectivity index (χ1v) is 6.05. The molecular weight excluding hydrogens is 254 g/mol. The molecule has 1 aliphatic heterocycles. The molecule has 1 heterocycles. The third kappa shape index (κ3) is 2.20. The zero-order valence-electron chi connectivity index (χ0n) is 10.3. The lowest BCUT2D eigenvalue weighted by atomic mass is 10.1. The lowest BCUT2D eigenvalue weighted by molar-refractivity contribution is -0.145. The van der Waals surface area contributed by atoms with Crippen molar-refractivity contribution < 1.29 is 14.3 Å². The van der Waals surface area contributed by atoms with Crippen molar-refractivity contribution in [2.75, 3.05) is 18.6 Å². The zero-order valence-corrected chi connectivity index (χ0v) is 11.0.